The van der Waals surface area contributed by atoms with E-state index in [1.807, 2.05) is 16.9 Å². The van der Waals surface area contributed by atoms with E-state index in [4.69, 9.17) is 4.74 Å². The summed E-state index contributed by atoms with van der Waals surface area (Å²) in [5.41, 5.74) is 2.22. The molecule has 0 N–H and O–H groups in total. The maximum Gasteiger partial charge on any atom is 0.159 e. The Morgan fingerprint density at radius 1 is 1.11 bits per heavy atom. The van der Waals surface area contributed by atoms with Crippen molar-refractivity contribution in [2.45, 2.75) is 56.5 Å². The van der Waals surface area contributed by atoms with E-state index >= 15 is 0 Å². The van der Waals surface area contributed by atoms with Crippen LogP contribution < -0.4 is 4.90 Å². The molecule has 35 heavy (non-hydrogen) atoms. The van der Waals surface area contributed by atoms with Gasteiger partial charge in [0.25, 0.3) is 0 Å². The van der Waals surface area contributed by atoms with E-state index in [0.29, 0.717) is 17.5 Å². The number of hydrogen-bond donors (Lipinski definition) is 0. The third kappa shape index (κ3) is 3.44. The average molecular weight is 470 g/mol. The minimum Gasteiger partial charge on any atom is -0.380 e. The molecule has 0 amide bonds. The molecule has 2 atom stereocenters. The minimum atomic E-state index is -0.350. The van der Waals surface area contributed by atoms with Crippen LogP contribution in [-0.4, -0.2) is 69.6 Å². The van der Waals surface area contributed by atoms with Crippen LogP contribution >= 0.6 is 0 Å². The van der Waals surface area contributed by atoms with Crippen molar-refractivity contribution in [2.75, 3.05) is 37.7 Å². The second-order valence-electron chi connectivity index (χ2n) is 11.2. The van der Waals surface area contributed by atoms with Crippen molar-refractivity contribution in [1.29, 1.82) is 5.26 Å². The zero-order valence-corrected chi connectivity index (χ0v) is 20.2. The Labute approximate surface area is 205 Å². The smallest absolute Gasteiger partial charge is 0.159 e. The zero-order chi connectivity index (χ0) is 23.6. The van der Waals surface area contributed by atoms with E-state index in [0.717, 1.165) is 80.2 Å². The van der Waals surface area contributed by atoms with E-state index in [1.54, 1.807) is 6.33 Å². The van der Waals surface area contributed by atoms with Crippen molar-refractivity contribution in [1.82, 2.24) is 24.6 Å². The predicted molar refractivity (Wildman–Crippen MR) is 132 cm³/mol. The van der Waals surface area contributed by atoms with Gasteiger partial charge in [-0.25, -0.2) is 14.6 Å². The van der Waals surface area contributed by atoms with Crippen LogP contribution in [0.1, 0.15) is 44.6 Å². The second kappa shape index (κ2) is 7.74. The lowest BCUT2D eigenvalue weighted by atomic mass is 9.57. The van der Waals surface area contributed by atoms with Crippen LogP contribution in [0.3, 0.4) is 0 Å². The van der Waals surface area contributed by atoms with Gasteiger partial charge in [-0.15, -0.1) is 0 Å². The number of ether oxygens (including phenoxy) is 1. The molecule has 2 aliphatic carbocycles. The summed E-state index contributed by atoms with van der Waals surface area (Å²) in [6.07, 6.45) is 9.20. The molecule has 4 fully saturated rings. The third-order valence-electron chi connectivity index (χ3n) is 8.88. The van der Waals surface area contributed by atoms with E-state index < -0.39 is 0 Å². The summed E-state index contributed by atoms with van der Waals surface area (Å²) in [4.78, 5) is 14.1. The van der Waals surface area contributed by atoms with Gasteiger partial charge in [0.2, 0.25) is 0 Å². The Hall–Kier alpha value is -3.02. The molecule has 4 heterocycles. The first-order valence-corrected chi connectivity index (χ1v) is 12.9. The summed E-state index contributed by atoms with van der Waals surface area (Å²) >= 11 is 0. The number of anilines is 1. The van der Waals surface area contributed by atoms with Gasteiger partial charge in [-0.05, 0) is 56.1 Å². The lowest BCUT2D eigenvalue weighted by Crippen LogP contribution is -2.55. The number of aromatic nitrogens is 4. The molecule has 8 nitrogen and oxygen atoms in total. The highest BCUT2D eigenvalue weighted by atomic mass is 16.5. The molecule has 2 aliphatic heterocycles. The fourth-order valence-corrected chi connectivity index (χ4v) is 6.74. The maximum atomic E-state index is 10.0. The molecule has 2 saturated carbocycles. The summed E-state index contributed by atoms with van der Waals surface area (Å²) < 4.78 is 7.52. The van der Waals surface area contributed by atoms with Crippen molar-refractivity contribution in [3.63, 3.8) is 0 Å². The van der Waals surface area contributed by atoms with Gasteiger partial charge in [0.1, 0.15) is 12.1 Å². The molecule has 3 aromatic rings. The molecular weight excluding hydrogens is 438 g/mol. The fraction of sp³-hybridized carbons (Fsp3) is 0.556. The summed E-state index contributed by atoms with van der Waals surface area (Å²) in [6.45, 7) is 6.91. The molecule has 7 rings (SSSR count). The molecule has 2 saturated heterocycles. The van der Waals surface area contributed by atoms with E-state index in [1.165, 1.54) is 12.8 Å². The number of fused-ring (bicyclic) bond motifs is 1. The largest absolute Gasteiger partial charge is 0.380 e. The summed E-state index contributed by atoms with van der Waals surface area (Å²) in [6, 6.07) is 12.1. The van der Waals surface area contributed by atoms with Gasteiger partial charge in [-0.3, -0.25) is 4.90 Å². The van der Waals surface area contributed by atoms with Crippen molar-refractivity contribution in [3.05, 3.63) is 42.4 Å². The number of benzene rings is 1. The first kappa shape index (κ1) is 21.3. The van der Waals surface area contributed by atoms with Gasteiger partial charge >= 0.3 is 0 Å². The van der Waals surface area contributed by atoms with Gasteiger partial charge < -0.3 is 9.64 Å². The highest BCUT2D eigenvalue weighted by Gasteiger charge is 2.61. The molecule has 1 spiro atoms. The van der Waals surface area contributed by atoms with Crippen molar-refractivity contribution in [3.8, 4) is 11.9 Å². The SMILES string of the molecule is C[C@H]1CN(c2cc(-n3ncc4ccc(C5(C#N)CC6(CC6)C5)cc43)ncn2)CCN1C1CCOC1. The molecule has 180 valence electrons. The van der Waals surface area contributed by atoms with Crippen LogP contribution in [-0.2, 0) is 10.2 Å². The topological polar surface area (TPSA) is 83.1 Å². The van der Waals surface area contributed by atoms with Crippen LogP contribution in [0.4, 0.5) is 5.82 Å². The molecule has 0 bridgehead atoms. The van der Waals surface area contributed by atoms with Gasteiger partial charge in [-0.2, -0.15) is 10.4 Å². The summed E-state index contributed by atoms with van der Waals surface area (Å²) in [7, 11) is 0. The normalized spacial score (nSPS) is 27.1. The van der Waals surface area contributed by atoms with Crippen molar-refractivity contribution in [2.24, 2.45) is 5.41 Å². The number of hydrogen-bond acceptors (Lipinski definition) is 7. The van der Waals surface area contributed by atoms with E-state index in [2.05, 4.69) is 56.1 Å². The number of nitrogens with zero attached hydrogens (tertiary/aromatic N) is 7. The van der Waals surface area contributed by atoms with Crippen molar-refractivity contribution >= 4 is 16.7 Å². The molecule has 8 heteroatoms. The molecule has 2 aromatic heterocycles. The number of nitriles is 1. The van der Waals surface area contributed by atoms with Gasteiger partial charge in [0.15, 0.2) is 5.82 Å². The van der Waals surface area contributed by atoms with E-state index in [9.17, 15) is 5.26 Å². The quantitative estimate of drug-likeness (QED) is 0.579. The number of piperazine rings is 1. The van der Waals surface area contributed by atoms with Gasteiger partial charge in [0, 0.05) is 49.8 Å². The molecular formula is C27H31N7O. The lowest BCUT2D eigenvalue weighted by molar-refractivity contribution is 0.105. The maximum absolute atomic E-state index is 10.0. The third-order valence-corrected chi connectivity index (χ3v) is 8.88. The van der Waals surface area contributed by atoms with Gasteiger partial charge in [0.05, 0.1) is 29.8 Å². The predicted octanol–water partition coefficient (Wildman–Crippen LogP) is 3.45. The highest BCUT2D eigenvalue weighted by molar-refractivity contribution is 5.81. The van der Waals surface area contributed by atoms with Crippen molar-refractivity contribution < 1.29 is 4.74 Å². The van der Waals surface area contributed by atoms with Gasteiger partial charge in [-0.1, -0.05) is 12.1 Å². The Bertz CT molecular complexity index is 1310. The Morgan fingerprint density at radius 3 is 2.71 bits per heavy atom. The summed E-state index contributed by atoms with van der Waals surface area (Å²) in [5.74, 6) is 1.70. The zero-order valence-electron chi connectivity index (χ0n) is 20.2. The van der Waals surface area contributed by atoms with Crippen LogP contribution in [0.5, 0.6) is 0 Å². The second-order valence-corrected chi connectivity index (χ2v) is 11.2. The highest BCUT2D eigenvalue weighted by Crippen LogP contribution is 2.68. The Kier molecular flexibility index (Phi) is 4.71. The van der Waals surface area contributed by atoms with Crippen LogP contribution in [0.15, 0.2) is 36.8 Å². The first-order chi connectivity index (χ1) is 17.1. The van der Waals surface area contributed by atoms with Crippen LogP contribution in [0, 0.1) is 16.7 Å². The minimum absolute atomic E-state index is 0.350. The fourth-order valence-electron chi connectivity index (χ4n) is 6.74. The van der Waals surface area contributed by atoms with E-state index in [-0.39, 0.29) is 5.41 Å². The summed E-state index contributed by atoms with van der Waals surface area (Å²) in [5, 5.41) is 15.8. The monoisotopic (exact) mass is 469 g/mol. The standard InChI is InChI=1S/C27H31N7O/c1-19-13-32(7-8-33(19)22-4-9-35-14-22)24-11-25(30-18-29-24)34-23-10-21(3-2-20(23)12-31-34)27(17-28)15-26(16-27)5-6-26/h2-3,10-12,18-19,22H,4-9,13-16H2,1H3/t19-,22?/m0/s1. The Morgan fingerprint density at radius 2 is 1.97 bits per heavy atom. The molecule has 1 aromatic carbocycles. The average Bonchev–Trinajstić information content (AvgIpc) is 3.26. The van der Waals surface area contributed by atoms with Crippen LogP contribution in [0.2, 0.25) is 0 Å². The lowest BCUT2D eigenvalue weighted by Gasteiger charge is -2.44. The number of rotatable bonds is 4. The molecule has 1 unspecified atom stereocenters. The molecule has 0 radical (unpaired) electrons. The van der Waals surface area contributed by atoms with Crippen LogP contribution in [0.25, 0.3) is 16.7 Å². The molecule has 4 aliphatic rings. The Balaban J connectivity index is 1.16. The first-order valence-electron chi connectivity index (χ1n) is 12.9.